The second kappa shape index (κ2) is 11.1. The van der Waals surface area contributed by atoms with E-state index in [0.29, 0.717) is 6.04 Å². The summed E-state index contributed by atoms with van der Waals surface area (Å²) in [5.41, 5.74) is 10.5. The van der Waals surface area contributed by atoms with Gasteiger partial charge in [0, 0.05) is 36.1 Å². The van der Waals surface area contributed by atoms with E-state index in [2.05, 4.69) is 132 Å². The SMILES string of the molecule is F[B-](F)(F)F.c1ccc(-c2cc(-c3ccccc3)[n+](C3Cc4ccccc4C3)c(-c3ccccc3)c2)cc1. The van der Waals surface area contributed by atoms with Crippen LogP contribution in [0.25, 0.3) is 33.6 Å². The molecular formula is C32H26BF4N. The molecule has 1 aliphatic rings. The molecule has 0 radical (unpaired) electrons. The first-order chi connectivity index (χ1) is 18.4. The van der Waals surface area contributed by atoms with E-state index in [0.717, 1.165) is 12.8 Å². The number of rotatable bonds is 4. The van der Waals surface area contributed by atoms with E-state index >= 15 is 0 Å². The minimum atomic E-state index is -6.00. The molecule has 0 amide bonds. The molecule has 1 nitrogen and oxygen atoms in total. The average molecular weight is 511 g/mol. The molecule has 0 saturated heterocycles. The predicted molar refractivity (Wildman–Crippen MR) is 146 cm³/mol. The Balaban J connectivity index is 0.000000540. The van der Waals surface area contributed by atoms with Gasteiger partial charge >= 0.3 is 7.25 Å². The fourth-order valence-electron chi connectivity index (χ4n) is 5.18. The van der Waals surface area contributed by atoms with E-state index in [1.54, 1.807) is 0 Å². The maximum atomic E-state index is 9.75. The van der Waals surface area contributed by atoms with Gasteiger partial charge in [-0.25, -0.2) is 0 Å². The van der Waals surface area contributed by atoms with Crippen molar-refractivity contribution in [3.8, 4) is 33.6 Å². The summed E-state index contributed by atoms with van der Waals surface area (Å²) >= 11 is 0. The lowest BCUT2D eigenvalue weighted by Crippen LogP contribution is -2.44. The van der Waals surface area contributed by atoms with Crippen LogP contribution in [0, 0.1) is 0 Å². The molecule has 190 valence electrons. The van der Waals surface area contributed by atoms with E-state index in [9.17, 15) is 17.3 Å². The van der Waals surface area contributed by atoms with Crippen molar-refractivity contribution in [3.05, 3.63) is 139 Å². The zero-order valence-corrected chi connectivity index (χ0v) is 20.7. The topological polar surface area (TPSA) is 3.88 Å². The number of nitrogens with zero attached hydrogens (tertiary/aromatic N) is 1. The Hall–Kier alpha value is -4.19. The van der Waals surface area contributed by atoms with Crippen LogP contribution >= 0.6 is 0 Å². The Labute approximate surface area is 220 Å². The lowest BCUT2D eigenvalue weighted by Gasteiger charge is -2.17. The van der Waals surface area contributed by atoms with Gasteiger partial charge in [0.15, 0.2) is 6.04 Å². The van der Waals surface area contributed by atoms with Crippen LogP contribution in [-0.2, 0) is 12.8 Å². The maximum absolute atomic E-state index is 9.75. The zero-order chi connectivity index (χ0) is 26.5. The predicted octanol–water partition coefficient (Wildman–Crippen LogP) is 8.62. The molecule has 5 aromatic rings. The minimum Gasteiger partial charge on any atom is -0.418 e. The van der Waals surface area contributed by atoms with Gasteiger partial charge in [0.1, 0.15) is 0 Å². The van der Waals surface area contributed by atoms with Gasteiger partial charge in [-0.2, -0.15) is 4.57 Å². The summed E-state index contributed by atoms with van der Waals surface area (Å²) in [6.07, 6.45) is 2.12. The lowest BCUT2D eigenvalue weighted by molar-refractivity contribution is -0.700. The summed E-state index contributed by atoms with van der Waals surface area (Å²) < 4.78 is 41.6. The smallest absolute Gasteiger partial charge is 0.418 e. The highest BCUT2D eigenvalue weighted by molar-refractivity contribution is 6.50. The van der Waals surface area contributed by atoms with Crippen LogP contribution in [0.2, 0.25) is 0 Å². The Morgan fingerprint density at radius 1 is 0.474 bits per heavy atom. The Morgan fingerprint density at radius 3 is 1.21 bits per heavy atom. The zero-order valence-electron chi connectivity index (χ0n) is 20.7. The molecule has 0 fully saturated rings. The highest BCUT2D eigenvalue weighted by Gasteiger charge is 2.34. The monoisotopic (exact) mass is 511 g/mol. The summed E-state index contributed by atoms with van der Waals surface area (Å²) in [4.78, 5) is 0. The van der Waals surface area contributed by atoms with E-state index in [1.165, 1.54) is 44.8 Å². The van der Waals surface area contributed by atoms with Crippen LogP contribution < -0.4 is 4.57 Å². The Kier molecular flexibility index (Phi) is 7.41. The van der Waals surface area contributed by atoms with Crippen molar-refractivity contribution in [3.63, 3.8) is 0 Å². The van der Waals surface area contributed by atoms with E-state index in [1.807, 2.05) is 0 Å². The molecule has 0 saturated carbocycles. The van der Waals surface area contributed by atoms with E-state index < -0.39 is 7.25 Å². The largest absolute Gasteiger partial charge is 0.673 e. The van der Waals surface area contributed by atoms with Gasteiger partial charge in [-0.3, -0.25) is 0 Å². The summed E-state index contributed by atoms with van der Waals surface area (Å²) in [7, 11) is -6.00. The first-order valence-electron chi connectivity index (χ1n) is 12.6. The molecule has 0 bridgehead atoms. The van der Waals surface area contributed by atoms with Crippen molar-refractivity contribution in [2.45, 2.75) is 18.9 Å². The summed E-state index contributed by atoms with van der Waals surface area (Å²) in [6, 6.07) is 46.5. The summed E-state index contributed by atoms with van der Waals surface area (Å²) in [5.74, 6) is 0. The van der Waals surface area contributed by atoms with Crippen molar-refractivity contribution >= 4 is 7.25 Å². The van der Waals surface area contributed by atoms with Gasteiger partial charge in [0.05, 0.1) is 0 Å². The van der Waals surface area contributed by atoms with Crippen LogP contribution in [0.4, 0.5) is 17.3 Å². The maximum Gasteiger partial charge on any atom is 0.673 e. The van der Waals surface area contributed by atoms with Gasteiger partial charge < -0.3 is 17.3 Å². The van der Waals surface area contributed by atoms with Gasteiger partial charge in [-0.1, -0.05) is 91.0 Å². The Bertz CT molecular complexity index is 1410. The van der Waals surface area contributed by atoms with Gasteiger partial charge in [0.25, 0.3) is 0 Å². The molecular weight excluding hydrogens is 485 g/mol. The highest BCUT2D eigenvalue weighted by Crippen LogP contribution is 2.34. The fourth-order valence-corrected chi connectivity index (χ4v) is 5.18. The first kappa shape index (κ1) is 25.5. The molecule has 0 N–H and O–H groups in total. The summed E-state index contributed by atoms with van der Waals surface area (Å²) in [5, 5.41) is 0. The minimum absolute atomic E-state index is 0.387. The van der Waals surface area contributed by atoms with Crippen molar-refractivity contribution in [1.29, 1.82) is 0 Å². The molecule has 6 rings (SSSR count). The number of hydrogen-bond acceptors (Lipinski definition) is 0. The molecule has 1 aliphatic carbocycles. The van der Waals surface area contributed by atoms with Crippen LogP contribution in [0.15, 0.2) is 127 Å². The van der Waals surface area contributed by atoms with Gasteiger partial charge in [0.2, 0.25) is 11.4 Å². The lowest BCUT2D eigenvalue weighted by atomic mass is 9.97. The van der Waals surface area contributed by atoms with Crippen molar-refractivity contribution in [1.82, 2.24) is 0 Å². The van der Waals surface area contributed by atoms with Crippen LogP contribution in [0.5, 0.6) is 0 Å². The van der Waals surface area contributed by atoms with Gasteiger partial charge in [-0.15, -0.1) is 0 Å². The number of benzene rings is 4. The van der Waals surface area contributed by atoms with Crippen molar-refractivity contribution in [2.24, 2.45) is 0 Å². The normalized spacial score (nSPS) is 12.9. The molecule has 6 heteroatoms. The third-order valence-electron chi connectivity index (χ3n) is 6.74. The number of pyridine rings is 1. The number of fused-ring (bicyclic) bond motifs is 1. The number of hydrogen-bond donors (Lipinski definition) is 0. The summed E-state index contributed by atoms with van der Waals surface area (Å²) in [6.45, 7) is 0. The Morgan fingerprint density at radius 2 is 0.816 bits per heavy atom. The molecule has 0 unspecified atom stereocenters. The van der Waals surface area contributed by atoms with Crippen LogP contribution in [-0.4, -0.2) is 7.25 Å². The molecule has 0 atom stereocenters. The first-order valence-corrected chi connectivity index (χ1v) is 12.6. The third-order valence-corrected chi connectivity index (χ3v) is 6.74. The standard InChI is InChI=1S/C32H26N.BF4/c1-4-12-24(13-5-1)29-22-31(25-14-6-2-7-15-25)33(32(23-29)26-16-8-3-9-17-26)30-20-27-18-10-11-19-28(27)21-30;2-1(3,4)5/h1-19,22-23,30H,20-21H2;/q+1;-1. The fraction of sp³-hybridized carbons (Fsp3) is 0.0938. The molecule has 0 aliphatic heterocycles. The number of halogens is 4. The molecule has 1 aromatic heterocycles. The van der Waals surface area contributed by atoms with Crippen molar-refractivity contribution < 1.29 is 21.8 Å². The molecule has 0 spiro atoms. The van der Waals surface area contributed by atoms with Crippen LogP contribution in [0.3, 0.4) is 0 Å². The second-order valence-electron chi connectivity index (χ2n) is 9.31. The van der Waals surface area contributed by atoms with E-state index in [-0.39, 0.29) is 0 Å². The molecule has 4 aromatic carbocycles. The quantitative estimate of drug-likeness (QED) is 0.129. The molecule has 38 heavy (non-hydrogen) atoms. The average Bonchev–Trinajstić information content (AvgIpc) is 3.37. The number of aromatic nitrogens is 1. The van der Waals surface area contributed by atoms with Crippen LogP contribution in [0.1, 0.15) is 17.2 Å². The highest BCUT2D eigenvalue weighted by atomic mass is 19.5. The third kappa shape index (κ3) is 6.02. The van der Waals surface area contributed by atoms with Crippen molar-refractivity contribution in [2.75, 3.05) is 0 Å². The van der Waals surface area contributed by atoms with E-state index in [4.69, 9.17) is 0 Å². The second-order valence-corrected chi connectivity index (χ2v) is 9.31. The van der Waals surface area contributed by atoms with Gasteiger partial charge in [-0.05, 0) is 46.5 Å². The molecule has 1 heterocycles.